The highest BCUT2D eigenvalue weighted by Crippen LogP contribution is 2.23. The fraction of sp³-hybridized carbons (Fsp3) is 0. The van der Waals surface area contributed by atoms with Gasteiger partial charge in [0.2, 0.25) is 0 Å². The van der Waals surface area contributed by atoms with Crippen LogP contribution < -0.4 is 11.1 Å². The number of benzene rings is 1. The van der Waals surface area contributed by atoms with Gasteiger partial charge in [0.1, 0.15) is 17.3 Å². The number of anilines is 2. The number of carbonyl (C=O) groups is 1. The smallest absolute Gasteiger partial charge is 0.273 e. The Balaban J connectivity index is 2.21. The third-order valence-electron chi connectivity index (χ3n) is 2.02. The molecule has 0 saturated heterocycles. The summed E-state index contributed by atoms with van der Waals surface area (Å²) in [4.78, 5) is 11.7. The van der Waals surface area contributed by atoms with E-state index in [1.165, 1.54) is 24.3 Å². The lowest BCUT2D eigenvalue weighted by Crippen LogP contribution is -2.12. The monoisotopic (exact) mass is 298 g/mol. The first-order valence-electron chi connectivity index (χ1n) is 4.63. The molecular formula is C10H8BrFN4O. The molecule has 0 atom stereocenters. The predicted molar refractivity (Wildman–Crippen MR) is 65.1 cm³/mol. The van der Waals surface area contributed by atoms with Crippen molar-refractivity contribution in [1.82, 2.24) is 10.2 Å². The maximum Gasteiger partial charge on any atom is 0.273 e. The van der Waals surface area contributed by atoms with Gasteiger partial charge in [-0.1, -0.05) is 0 Å². The summed E-state index contributed by atoms with van der Waals surface area (Å²) in [7, 11) is 0. The van der Waals surface area contributed by atoms with Crippen LogP contribution in [0.25, 0.3) is 0 Å². The summed E-state index contributed by atoms with van der Waals surface area (Å²) in [6.45, 7) is 0. The molecule has 1 aromatic carbocycles. The number of nitrogens with zero attached hydrogens (tertiary/aromatic N) is 1. The predicted octanol–water partition coefficient (Wildman–Crippen LogP) is 2.15. The number of aromatic amines is 1. The van der Waals surface area contributed by atoms with Crippen molar-refractivity contribution in [3.05, 3.63) is 40.2 Å². The molecule has 1 heterocycles. The molecule has 0 aliphatic rings. The molecule has 1 amide bonds. The molecule has 88 valence electrons. The number of halogens is 2. The summed E-state index contributed by atoms with van der Waals surface area (Å²) in [5, 5.41) is 8.62. The van der Waals surface area contributed by atoms with Crippen LogP contribution in [-0.2, 0) is 0 Å². The van der Waals surface area contributed by atoms with Gasteiger partial charge in [0.15, 0.2) is 0 Å². The van der Waals surface area contributed by atoms with Crippen LogP contribution in [0.1, 0.15) is 10.5 Å². The van der Waals surface area contributed by atoms with Crippen molar-refractivity contribution in [2.24, 2.45) is 0 Å². The minimum absolute atomic E-state index is 0.207. The Kier molecular flexibility index (Phi) is 3.10. The molecule has 0 spiro atoms. The number of rotatable bonds is 2. The van der Waals surface area contributed by atoms with Gasteiger partial charge in [-0.25, -0.2) is 4.39 Å². The summed E-state index contributed by atoms with van der Waals surface area (Å²) < 4.78 is 13.6. The van der Waals surface area contributed by atoms with E-state index in [1.807, 2.05) is 0 Å². The molecule has 0 bridgehead atoms. The first kappa shape index (κ1) is 11.6. The van der Waals surface area contributed by atoms with Crippen molar-refractivity contribution in [2.75, 3.05) is 11.1 Å². The van der Waals surface area contributed by atoms with Crippen LogP contribution in [0, 0.1) is 5.82 Å². The lowest BCUT2D eigenvalue weighted by atomic mass is 10.3. The maximum atomic E-state index is 13.0. The molecule has 0 aliphatic heterocycles. The normalized spacial score (nSPS) is 10.2. The Morgan fingerprint density at radius 1 is 1.47 bits per heavy atom. The molecule has 1 aromatic heterocycles. The zero-order valence-corrected chi connectivity index (χ0v) is 10.1. The number of hydrogen-bond acceptors (Lipinski definition) is 3. The molecule has 4 N–H and O–H groups in total. The number of hydrogen-bond donors (Lipinski definition) is 3. The molecular weight excluding hydrogens is 291 g/mol. The molecule has 0 aliphatic carbocycles. The lowest BCUT2D eigenvalue weighted by molar-refractivity contribution is 0.102. The van der Waals surface area contributed by atoms with Crippen molar-refractivity contribution in [3.63, 3.8) is 0 Å². The highest BCUT2D eigenvalue weighted by atomic mass is 79.9. The van der Waals surface area contributed by atoms with E-state index in [2.05, 4.69) is 31.4 Å². The van der Waals surface area contributed by atoms with Gasteiger partial charge in [0.05, 0.1) is 5.69 Å². The van der Waals surface area contributed by atoms with Crippen LogP contribution in [0.2, 0.25) is 0 Å². The molecule has 0 radical (unpaired) electrons. The Bertz CT molecular complexity index is 569. The standard InChI is InChI=1S/C10H8BrFN4O/c11-6-2-1-5(12)3-7(6)14-10(17)8-4-9(13)16-15-8/h1-4H,(H,14,17)(H3,13,15,16). The minimum atomic E-state index is -0.444. The first-order valence-corrected chi connectivity index (χ1v) is 5.43. The minimum Gasteiger partial charge on any atom is -0.382 e. The van der Waals surface area contributed by atoms with E-state index < -0.39 is 11.7 Å². The van der Waals surface area contributed by atoms with Crippen molar-refractivity contribution in [2.45, 2.75) is 0 Å². The van der Waals surface area contributed by atoms with Crippen LogP contribution in [0.3, 0.4) is 0 Å². The second kappa shape index (κ2) is 4.54. The van der Waals surface area contributed by atoms with Gasteiger partial charge in [-0.2, -0.15) is 5.10 Å². The van der Waals surface area contributed by atoms with Crippen LogP contribution in [0.15, 0.2) is 28.7 Å². The fourth-order valence-electron chi connectivity index (χ4n) is 1.24. The van der Waals surface area contributed by atoms with E-state index in [0.29, 0.717) is 10.2 Å². The summed E-state index contributed by atoms with van der Waals surface area (Å²) in [6.07, 6.45) is 0. The molecule has 0 saturated carbocycles. The summed E-state index contributed by atoms with van der Waals surface area (Å²) in [6, 6.07) is 5.39. The third kappa shape index (κ3) is 2.62. The van der Waals surface area contributed by atoms with Gasteiger partial charge < -0.3 is 11.1 Å². The number of carbonyl (C=O) groups excluding carboxylic acids is 1. The van der Waals surface area contributed by atoms with Crippen molar-refractivity contribution in [1.29, 1.82) is 0 Å². The topological polar surface area (TPSA) is 83.8 Å². The molecule has 2 rings (SSSR count). The number of nitrogen functional groups attached to an aromatic ring is 1. The Morgan fingerprint density at radius 3 is 2.88 bits per heavy atom. The average molecular weight is 299 g/mol. The number of nitrogens with one attached hydrogen (secondary N) is 2. The van der Waals surface area contributed by atoms with Gasteiger partial charge in [0, 0.05) is 10.5 Å². The molecule has 0 unspecified atom stereocenters. The van der Waals surface area contributed by atoms with E-state index in [4.69, 9.17) is 5.73 Å². The highest BCUT2D eigenvalue weighted by Gasteiger charge is 2.11. The number of aromatic nitrogens is 2. The second-order valence-corrected chi connectivity index (χ2v) is 4.14. The number of H-pyrrole nitrogens is 1. The summed E-state index contributed by atoms with van der Waals surface area (Å²) in [5.41, 5.74) is 5.92. The quantitative estimate of drug-likeness (QED) is 0.794. The van der Waals surface area contributed by atoms with E-state index in [9.17, 15) is 9.18 Å². The number of amides is 1. The summed E-state index contributed by atoms with van der Waals surface area (Å²) in [5.74, 6) is -0.665. The zero-order chi connectivity index (χ0) is 12.4. The maximum absolute atomic E-state index is 13.0. The molecule has 7 heteroatoms. The van der Waals surface area contributed by atoms with Crippen molar-refractivity contribution < 1.29 is 9.18 Å². The molecule has 17 heavy (non-hydrogen) atoms. The van der Waals surface area contributed by atoms with Crippen LogP contribution >= 0.6 is 15.9 Å². The van der Waals surface area contributed by atoms with Gasteiger partial charge in [-0.05, 0) is 34.1 Å². The van der Waals surface area contributed by atoms with Crippen molar-refractivity contribution >= 4 is 33.3 Å². The highest BCUT2D eigenvalue weighted by molar-refractivity contribution is 9.10. The van der Waals surface area contributed by atoms with Crippen LogP contribution in [0.4, 0.5) is 15.9 Å². The fourth-order valence-corrected chi connectivity index (χ4v) is 1.58. The van der Waals surface area contributed by atoms with Gasteiger partial charge in [-0.3, -0.25) is 9.89 Å². The van der Waals surface area contributed by atoms with E-state index in [1.54, 1.807) is 0 Å². The van der Waals surface area contributed by atoms with Crippen LogP contribution in [0.5, 0.6) is 0 Å². The number of nitrogens with two attached hydrogens (primary N) is 1. The largest absolute Gasteiger partial charge is 0.382 e. The van der Waals surface area contributed by atoms with E-state index >= 15 is 0 Å². The Hall–Kier alpha value is -1.89. The van der Waals surface area contributed by atoms with Gasteiger partial charge >= 0.3 is 0 Å². The lowest BCUT2D eigenvalue weighted by Gasteiger charge is -2.05. The second-order valence-electron chi connectivity index (χ2n) is 3.28. The SMILES string of the molecule is Nc1cc(C(=O)Nc2cc(F)ccc2Br)[nH]n1. The van der Waals surface area contributed by atoms with Gasteiger partial charge in [0.25, 0.3) is 5.91 Å². The molecule has 0 fully saturated rings. The average Bonchev–Trinajstić information content (AvgIpc) is 2.70. The van der Waals surface area contributed by atoms with Gasteiger partial charge in [-0.15, -0.1) is 0 Å². The summed E-state index contributed by atoms with van der Waals surface area (Å²) >= 11 is 3.20. The van der Waals surface area contributed by atoms with Crippen LogP contribution in [-0.4, -0.2) is 16.1 Å². The first-order chi connectivity index (χ1) is 8.06. The van der Waals surface area contributed by atoms with Crippen molar-refractivity contribution in [3.8, 4) is 0 Å². The third-order valence-corrected chi connectivity index (χ3v) is 2.71. The molecule has 2 aromatic rings. The Morgan fingerprint density at radius 2 is 2.24 bits per heavy atom. The van der Waals surface area contributed by atoms with E-state index in [-0.39, 0.29) is 11.5 Å². The zero-order valence-electron chi connectivity index (χ0n) is 8.50. The van der Waals surface area contributed by atoms with E-state index in [0.717, 1.165) is 0 Å². The Labute approximate surface area is 104 Å². The molecule has 5 nitrogen and oxygen atoms in total.